The van der Waals surface area contributed by atoms with Gasteiger partial charge in [0.1, 0.15) is 0 Å². The van der Waals surface area contributed by atoms with Gasteiger partial charge in [0.15, 0.2) is 0 Å². The fourth-order valence-corrected chi connectivity index (χ4v) is 3.25. The van der Waals surface area contributed by atoms with E-state index < -0.39 is 0 Å². The van der Waals surface area contributed by atoms with Gasteiger partial charge >= 0.3 is 0 Å². The topological polar surface area (TPSA) is 20.2 Å². The zero-order valence-corrected chi connectivity index (χ0v) is 12.2. The Morgan fingerprint density at radius 2 is 2.00 bits per heavy atom. The van der Waals surface area contributed by atoms with Crippen molar-refractivity contribution in [3.8, 4) is 0 Å². The minimum Gasteiger partial charge on any atom is -0.390 e. The summed E-state index contributed by atoms with van der Waals surface area (Å²) >= 11 is 0. The Hall–Kier alpha value is -0.0400. The van der Waals surface area contributed by atoms with Crippen molar-refractivity contribution in [2.45, 2.75) is 90.6 Å². The van der Waals surface area contributed by atoms with E-state index in [0.29, 0.717) is 0 Å². The third kappa shape index (κ3) is 5.42. The zero-order valence-electron chi connectivity index (χ0n) is 12.2. The van der Waals surface area contributed by atoms with Gasteiger partial charge in [-0.15, -0.1) is 0 Å². The summed E-state index contributed by atoms with van der Waals surface area (Å²) in [7, 11) is 0. The van der Waals surface area contributed by atoms with Gasteiger partial charge in [-0.1, -0.05) is 59.3 Å². The van der Waals surface area contributed by atoms with Gasteiger partial charge < -0.3 is 5.11 Å². The summed E-state index contributed by atoms with van der Waals surface area (Å²) in [6, 6.07) is 0. The summed E-state index contributed by atoms with van der Waals surface area (Å²) in [5.74, 6) is 1.56. The normalized spacial score (nSPS) is 32.1. The summed E-state index contributed by atoms with van der Waals surface area (Å²) in [6.07, 6.45) is 12.0. The van der Waals surface area contributed by atoms with E-state index in [1.54, 1.807) is 0 Å². The van der Waals surface area contributed by atoms with Gasteiger partial charge in [0.25, 0.3) is 0 Å². The van der Waals surface area contributed by atoms with Crippen LogP contribution in [0.2, 0.25) is 0 Å². The summed E-state index contributed by atoms with van der Waals surface area (Å²) in [5.41, 5.74) is -0.334. The lowest BCUT2D eigenvalue weighted by molar-refractivity contribution is -0.00154. The Labute approximate surface area is 108 Å². The number of unbranched alkanes of at least 4 members (excludes halogenated alkanes) is 1. The third-order valence-electron chi connectivity index (χ3n) is 4.65. The fourth-order valence-electron chi connectivity index (χ4n) is 3.25. The Morgan fingerprint density at radius 3 is 2.65 bits per heavy atom. The maximum absolute atomic E-state index is 10.8. The molecule has 17 heavy (non-hydrogen) atoms. The molecule has 3 atom stereocenters. The highest BCUT2D eigenvalue weighted by Gasteiger charge is 2.31. The lowest BCUT2D eigenvalue weighted by atomic mass is 9.81. The average Bonchev–Trinajstić information content (AvgIpc) is 2.47. The molecule has 3 unspecified atom stereocenters. The summed E-state index contributed by atoms with van der Waals surface area (Å²) in [6.45, 7) is 6.87. The molecule has 1 saturated carbocycles. The van der Waals surface area contributed by atoms with E-state index in [0.717, 1.165) is 31.1 Å². The molecule has 0 heterocycles. The van der Waals surface area contributed by atoms with Crippen molar-refractivity contribution in [1.82, 2.24) is 0 Å². The minimum absolute atomic E-state index is 0.334. The van der Waals surface area contributed by atoms with E-state index in [1.165, 1.54) is 44.9 Å². The lowest BCUT2D eigenvalue weighted by Crippen LogP contribution is -2.30. The van der Waals surface area contributed by atoms with Gasteiger partial charge in [0, 0.05) is 0 Å². The molecule has 0 aromatic rings. The molecule has 1 rings (SSSR count). The Kier molecular flexibility index (Phi) is 6.54. The molecule has 1 N–H and O–H groups in total. The van der Waals surface area contributed by atoms with Crippen LogP contribution < -0.4 is 0 Å². The molecule has 1 aliphatic rings. The van der Waals surface area contributed by atoms with Crippen LogP contribution in [0.25, 0.3) is 0 Å². The molecule has 1 aliphatic carbocycles. The van der Waals surface area contributed by atoms with Crippen LogP contribution in [0.4, 0.5) is 0 Å². The van der Waals surface area contributed by atoms with Crippen molar-refractivity contribution in [3.63, 3.8) is 0 Å². The van der Waals surface area contributed by atoms with Crippen molar-refractivity contribution >= 4 is 0 Å². The predicted molar refractivity (Wildman–Crippen MR) is 75.1 cm³/mol. The summed E-state index contributed by atoms with van der Waals surface area (Å²) < 4.78 is 0. The van der Waals surface area contributed by atoms with Gasteiger partial charge in [-0.05, 0) is 37.5 Å². The van der Waals surface area contributed by atoms with E-state index in [-0.39, 0.29) is 5.60 Å². The van der Waals surface area contributed by atoms with Gasteiger partial charge in [-0.2, -0.15) is 0 Å². The van der Waals surface area contributed by atoms with Crippen LogP contribution in [0.15, 0.2) is 0 Å². The van der Waals surface area contributed by atoms with Crippen molar-refractivity contribution < 1.29 is 5.11 Å². The maximum Gasteiger partial charge on any atom is 0.0650 e. The van der Waals surface area contributed by atoms with Crippen molar-refractivity contribution in [1.29, 1.82) is 0 Å². The number of aliphatic hydroxyl groups is 1. The molecule has 0 spiro atoms. The van der Waals surface area contributed by atoms with Crippen LogP contribution >= 0.6 is 0 Å². The first-order valence-electron chi connectivity index (χ1n) is 7.82. The highest BCUT2D eigenvalue weighted by molar-refractivity contribution is 4.84. The van der Waals surface area contributed by atoms with Crippen LogP contribution in [0.3, 0.4) is 0 Å². The SMILES string of the molecule is CCCCC(CC)CC1(O)CCCC(C)CC1. The Morgan fingerprint density at radius 1 is 1.24 bits per heavy atom. The molecular weight excluding hydrogens is 208 g/mol. The largest absolute Gasteiger partial charge is 0.390 e. The van der Waals surface area contributed by atoms with E-state index in [9.17, 15) is 5.11 Å². The zero-order chi connectivity index (χ0) is 12.7. The molecule has 0 aromatic carbocycles. The second kappa shape index (κ2) is 7.41. The second-order valence-corrected chi connectivity index (χ2v) is 6.38. The number of hydrogen-bond donors (Lipinski definition) is 1. The van der Waals surface area contributed by atoms with Crippen LogP contribution in [-0.2, 0) is 0 Å². The van der Waals surface area contributed by atoms with Crippen LogP contribution in [0.1, 0.15) is 85.0 Å². The molecule has 0 radical (unpaired) electrons. The molecule has 0 saturated heterocycles. The van der Waals surface area contributed by atoms with Gasteiger partial charge in [-0.25, -0.2) is 0 Å². The smallest absolute Gasteiger partial charge is 0.0650 e. The Bertz CT molecular complexity index is 202. The molecule has 0 bridgehead atoms. The summed E-state index contributed by atoms with van der Waals surface area (Å²) in [4.78, 5) is 0. The van der Waals surface area contributed by atoms with Crippen LogP contribution in [0, 0.1) is 11.8 Å². The van der Waals surface area contributed by atoms with Crippen molar-refractivity contribution in [3.05, 3.63) is 0 Å². The average molecular weight is 240 g/mol. The van der Waals surface area contributed by atoms with E-state index in [2.05, 4.69) is 20.8 Å². The first-order valence-corrected chi connectivity index (χ1v) is 7.82. The molecule has 102 valence electrons. The molecular formula is C16H32O. The molecule has 1 fully saturated rings. The highest BCUT2D eigenvalue weighted by Crippen LogP contribution is 2.36. The van der Waals surface area contributed by atoms with Crippen molar-refractivity contribution in [2.75, 3.05) is 0 Å². The molecule has 0 aromatic heterocycles. The van der Waals surface area contributed by atoms with Crippen LogP contribution in [-0.4, -0.2) is 10.7 Å². The maximum atomic E-state index is 10.8. The second-order valence-electron chi connectivity index (χ2n) is 6.38. The van der Waals surface area contributed by atoms with Gasteiger partial charge in [0.2, 0.25) is 0 Å². The fraction of sp³-hybridized carbons (Fsp3) is 1.00. The third-order valence-corrected chi connectivity index (χ3v) is 4.65. The van der Waals surface area contributed by atoms with Crippen LogP contribution in [0.5, 0.6) is 0 Å². The summed E-state index contributed by atoms with van der Waals surface area (Å²) in [5, 5.41) is 10.8. The van der Waals surface area contributed by atoms with Gasteiger partial charge in [-0.3, -0.25) is 0 Å². The number of rotatable bonds is 6. The highest BCUT2D eigenvalue weighted by atomic mass is 16.3. The minimum atomic E-state index is -0.334. The molecule has 0 amide bonds. The lowest BCUT2D eigenvalue weighted by Gasteiger charge is -2.31. The standard InChI is InChI=1S/C16H32O/c1-4-6-9-15(5-2)13-16(17)11-7-8-14(3)10-12-16/h14-15,17H,4-13H2,1-3H3. The van der Waals surface area contributed by atoms with Crippen molar-refractivity contribution in [2.24, 2.45) is 11.8 Å². The first-order chi connectivity index (χ1) is 8.09. The van der Waals surface area contributed by atoms with E-state index in [4.69, 9.17) is 0 Å². The molecule has 1 nitrogen and oxygen atoms in total. The quantitative estimate of drug-likeness (QED) is 0.653. The van der Waals surface area contributed by atoms with E-state index in [1.807, 2.05) is 0 Å². The molecule has 0 aliphatic heterocycles. The number of hydrogen-bond acceptors (Lipinski definition) is 1. The predicted octanol–water partition coefficient (Wildman–Crippen LogP) is 4.92. The molecule has 1 heteroatoms. The Balaban J connectivity index is 2.45. The van der Waals surface area contributed by atoms with Gasteiger partial charge in [0.05, 0.1) is 5.60 Å². The first kappa shape index (κ1) is 15.0. The monoisotopic (exact) mass is 240 g/mol. The van der Waals surface area contributed by atoms with E-state index >= 15 is 0 Å².